The molecule has 0 saturated carbocycles. The summed E-state index contributed by atoms with van der Waals surface area (Å²) in [6.45, 7) is 4.68. The van der Waals surface area contributed by atoms with Crippen LogP contribution in [0.2, 0.25) is 0 Å². The molecule has 0 fully saturated rings. The van der Waals surface area contributed by atoms with Crippen molar-refractivity contribution in [2.45, 2.75) is 19.3 Å². The van der Waals surface area contributed by atoms with E-state index in [1.54, 1.807) is 0 Å². The van der Waals surface area contributed by atoms with Crippen molar-refractivity contribution in [1.29, 1.82) is 0 Å². The van der Waals surface area contributed by atoms with Gasteiger partial charge in [0, 0.05) is 42.3 Å². The van der Waals surface area contributed by atoms with Crippen LogP contribution in [0.25, 0.3) is 87.7 Å². The zero-order valence-electron chi connectivity index (χ0n) is 28.8. The molecule has 0 amide bonds. The third-order valence-electron chi connectivity index (χ3n) is 10.6. The van der Waals surface area contributed by atoms with Gasteiger partial charge in [-0.2, -0.15) is 0 Å². The lowest BCUT2D eigenvalue weighted by Crippen LogP contribution is -2.14. The molecule has 2 heterocycles. The van der Waals surface area contributed by atoms with Crippen LogP contribution in [0.3, 0.4) is 0 Å². The second kappa shape index (κ2) is 11.9. The maximum atomic E-state index is 5.00. The van der Waals surface area contributed by atoms with Gasteiger partial charge in [-0.25, -0.2) is 15.0 Å². The smallest absolute Gasteiger partial charge is 0.164 e. The van der Waals surface area contributed by atoms with Gasteiger partial charge in [-0.3, -0.25) is 0 Å². The van der Waals surface area contributed by atoms with Crippen LogP contribution in [-0.2, 0) is 5.41 Å². The van der Waals surface area contributed by atoms with Crippen LogP contribution in [-0.4, -0.2) is 15.0 Å². The van der Waals surface area contributed by atoms with E-state index in [1.807, 2.05) is 72.0 Å². The highest BCUT2D eigenvalue weighted by Gasteiger charge is 2.35. The third kappa shape index (κ3) is 4.90. The van der Waals surface area contributed by atoms with Gasteiger partial charge in [0.2, 0.25) is 0 Å². The molecule has 10 rings (SSSR count). The maximum absolute atomic E-state index is 5.00. The molecule has 0 aliphatic heterocycles. The molecule has 0 N–H and O–H groups in total. The Balaban J connectivity index is 1.10. The van der Waals surface area contributed by atoms with Crippen LogP contribution in [0.15, 0.2) is 164 Å². The minimum absolute atomic E-state index is 0.00888. The van der Waals surface area contributed by atoms with E-state index in [0.717, 1.165) is 22.3 Å². The van der Waals surface area contributed by atoms with Gasteiger partial charge in [-0.15, -0.1) is 11.3 Å². The lowest BCUT2D eigenvalue weighted by molar-refractivity contribution is 0.660. The molecule has 4 heteroatoms. The van der Waals surface area contributed by atoms with Crippen LogP contribution in [0.4, 0.5) is 0 Å². The van der Waals surface area contributed by atoms with Gasteiger partial charge in [0.15, 0.2) is 17.5 Å². The minimum atomic E-state index is -0.00888. The Bertz CT molecular complexity index is 2760. The molecule has 1 aliphatic carbocycles. The van der Waals surface area contributed by atoms with Crippen molar-refractivity contribution in [2.75, 3.05) is 0 Å². The van der Waals surface area contributed by atoms with E-state index in [9.17, 15) is 0 Å². The SMILES string of the molecule is CC1(C)c2ccccc2-c2cc(-c3cccc4c3sc3c(-c5cccc(-c6nc(-c7ccccc7)nc(-c7ccccc7)n6)c5)cccc34)ccc21. The zero-order valence-corrected chi connectivity index (χ0v) is 29.7. The van der Waals surface area contributed by atoms with E-state index in [0.29, 0.717) is 17.5 Å². The first kappa shape index (κ1) is 30.6. The highest BCUT2D eigenvalue weighted by Crippen LogP contribution is 2.51. The highest BCUT2D eigenvalue weighted by atomic mass is 32.1. The quantitative estimate of drug-likeness (QED) is 0.181. The highest BCUT2D eigenvalue weighted by molar-refractivity contribution is 7.26. The second-order valence-corrected chi connectivity index (χ2v) is 15.0. The summed E-state index contributed by atoms with van der Waals surface area (Å²) < 4.78 is 2.59. The number of aromatic nitrogens is 3. The summed E-state index contributed by atoms with van der Waals surface area (Å²) in [5.41, 5.74) is 13.2. The first-order chi connectivity index (χ1) is 25.5. The first-order valence-corrected chi connectivity index (χ1v) is 18.5. The molecule has 0 bridgehead atoms. The maximum Gasteiger partial charge on any atom is 0.164 e. The second-order valence-electron chi connectivity index (χ2n) is 14.0. The molecule has 246 valence electrons. The lowest BCUT2D eigenvalue weighted by atomic mass is 9.82. The number of fused-ring (bicyclic) bond motifs is 6. The Morgan fingerprint density at radius 2 is 0.827 bits per heavy atom. The Labute approximate surface area is 307 Å². The molecule has 0 spiro atoms. The Hall–Kier alpha value is -6.23. The summed E-state index contributed by atoms with van der Waals surface area (Å²) in [5.74, 6) is 1.97. The third-order valence-corrected chi connectivity index (χ3v) is 11.8. The fourth-order valence-corrected chi connectivity index (χ4v) is 9.30. The molecule has 7 aromatic carbocycles. The summed E-state index contributed by atoms with van der Waals surface area (Å²) in [4.78, 5) is 14.9. The summed E-state index contributed by atoms with van der Waals surface area (Å²) >= 11 is 1.88. The molecule has 3 nitrogen and oxygen atoms in total. The standard InChI is InChI=1S/C48H33N3S/c1-48(2)41-25-10-9-20-37(41)40-29-33(26-27-42(40)48)36-22-13-24-39-38-23-12-21-35(43(38)52-44(36)39)32-18-11-19-34(28-32)47-50-45(30-14-5-3-6-15-30)49-46(51-47)31-16-7-4-8-17-31/h3-29H,1-2H3. The van der Waals surface area contributed by atoms with Crippen molar-refractivity contribution in [3.8, 4) is 67.5 Å². The molecular formula is C48H33N3S. The number of benzene rings is 7. The molecule has 1 aliphatic rings. The van der Waals surface area contributed by atoms with Crippen LogP contribution in [0.1, 0.15) is 25.0 Å². The van der Waals surface area contributed by atoms with Gasteiger partial charge in [-0.05, 0) is 56.6 Å². The fraction of sp³-hybridized carbons (Fsp3) is 0.0625. The summed E-state index contributed by atoms with van der Waals surface area (Å²) in [5, 5.41) is 2.56. The predicted molar refractivity (Wildman–Crippen MR) is 217 cm³/mol. The number of hydrogen-bond acceptors (Lipinski definition) is 4. The van der Waals surface area contributed by atoms with Gasteiger partial charge in [0.05, 0.1) is 0 Å². The average molecular weight is 684 g/mol. The number of rotatable bonds is 5. The fourth-order valence-electron chi connectivity index (χ4n) is 7.93. The van der Waals surface area contributed by atoms with Gasteiger partial charge in [-0.1, -0.05) is 166 Å². The molecular weight excluding hydrogens is 651 g/mol. The summed E-state index contributed by atoms with van der Waals surface area (Å²) in [6.07, 6.45) is 0. The van der Waals surface area contributed by atoms with Gasteiger partial charge in [0.25, 0.3) is 0 Å². The number of thiophene rings is 1. The Morgan fingerprint density at radius 1 is 0.365 bits per heavy atom. The molecule has 0 unspecified atom stereocenters. The van der Waals surface area contributed by atoms with Crippen LogP contribution in [0.5, 0.6) is 0 Å². The number of hydrogen-bond donors (Lipinski definition) is 0. The van der Waals surface area contributed by atoms with Crippen molar-refractivity contribution in [1.82, 2.24) is 15.0 Å². The van der Waals surface area contributed by atoms with Crippen molar-refractivity contribution >= 4 is 31.5 Å². The molecule has 0 saturated heterocycles. The molecule has 0 atom stereocenters. The average Bonchev–Trinajstić information content (AvgIpc) is 3.70. The van der Waals surface area contributed by atoms with E-state index in [1.165, 1.54) is 59.1 Å². The van der Waals surface area contributed by atoms with Crippen molar-refractivity contribution in [2.24, 2.45) is 0 Å². The van der Waals surface area contributed by atoms with E-state index in [2.05, 4.69) is 117 Å². The minimum Gasteiger partial charge on any atom is -0.208 e. The van der Waals surface area contributed by atoms with Crippen molar-refractivity contribution in [3.63, 3.8) is 0 Å². The van der Waals surface area contributed by atoms with Crippen LogP contribution >= 0.6 is 11.3 Å². The van der Waals surface area contributed by atoms with E-state index >= 15 is 0 Å². The summed E-state index contributed by atoms with van der Waals surface area (Å²) in [6, 6.07) is 58.3. The van der Waals surface area contributed by atoms with Gasteiger partial charge >= 0.3 is 0 Å². The van der Waals surface area contributed by atoms with Crippen molar-refractivity contribution in [3.05, 3.63) is 175 Å². The molecule has 0 radical (unpaired) electrons. The van der Waals surface area contributed by atoms with Crippen LogP contribution in [0, 0.1) is 0 Å². The van der Waals surface area contributed by atoms with Gasteiger partial charge < -0.3 is 0 Å². The van der Waals surface area contributed by atoms with Crippen molar-refractivity contribution < 1.29 is 0 Å². The molecule has 2 aromatic heterocycles. The monoisotopic (exact) mass is 683 g/mol. The Kier molecular flexibility index (Phi) is 7.02. The molecule has 52 heavy (non-hydrogen) atoms. The van der Waals surface area contributed by atoms with E-state index in [4.69, 9.17) is 15.0 Å². The topological polar surface area (TPSA) is 38.7 Å². The lowest BCUT2D eigenvalue weighted by Gasteiger charge is -2.21. The largest absolute Gasteiger partial charge is 0.208 e. The first-order valence-electron chi connectivity index (χ1n) is 17.7. The predicted octanol–water partition coefficient (Wildman–Crippen LogP) is 12.9. The summed E-state index contributed by atoms with van der Waals surface area (Å²) in [7, 11) is 0. The van der Waals surface area contributed by atoms with E-state index < -0.39 is 0 Å². The Morgan fingerprint density at radius 3 is 1.46 bits per heavy atom. The van der Waals surface area contributed by atoms with Crippen LogP contribution < -0.4 is 0 Å². The zero-order chi connectivity index (χ0) is 34.8. The number of nitrogens with zero attached hydrogens (tertiary/aromatic N) is 3. The van der Waals surface area contributed by atoms with E-state index in [-0.39, 0.29) is 5.41 Å². The molecule has 9 aromatic rings. The normalized spacial score (nSPS) is 13.0. The van der Waals surface area contributed by atoms with Gasteiger partial charge in [0.1, 0.15) is 0 Å².